The SMILES string of the molecule is CCN(C(=O)Cc1ccsc1)c1cccc(O)c1. The van der Waals surface area contributed by atoms with Gasteiger partial charge in [-0.3, -0.25) is 4.79 Å². The largest absolute Gasteiger partial charge is 0.508 e. The first-order chi connectivity index (χ1) is 8.70. The number of rotatable bonds is 4. The average molecular weight is 261 g/mol. The molecule has 3 nitrogen and oxygen atoms in total. The molecule has 1 aromatic heterocycles. The lowest BCUT2D eigenvalue weighted by atomic mass is 10.2. The number of nitrogens with zero attached hydrogens (tertiary/aromatic N) is 1. The molecule has 4 heteroatoms. The van der Waals surface area contributed by atoms with E-state index in [2.05, 4.69) is 0 Å². The van der Waals surface area contributed by atoms with Crippen molar-refractivity contribution in [3.05, 3.63) is 46.7 Å². The molecule has 0 spiro atoms. The van der Waals surface area contributed by atoms with Crippen LogP contribution < -0.4 is 4.90 Å². The number of phenols is 1. The Bertz CT molecular complexity index is 522. The smallest absolute Gasteiger partial charge is 0.231 e. The molecule has 0 saturated carbocycles. The van der Waals surface area contributed by atoms with E-state index >= 15 is 0 Å². The third-order valence-electron chi connectivity index (χ3n) is 2.69. The van der Waals surface area contributed by atoms with Crippen molar-refractivity contribution >= 4 is 22.9 Å². The Morgan fingerprint density at radius 2 is 2.22 bits per heavy atom. The zero-order valence-electron chi connectivity index (χ0n) is 10.2. The monoisotopic (exact) mass is 261 g/mol. The summed E-state index contributed by atoms with van der Waals surface area (Å²) < 4.78 is 0. The number of aromatic hydroxyl groups is 1. The molecule has 0 atom stereocenters. The fourth-order valence-corrected chi connectivity index (χ4v) is 2.50. The Labute approximate surface area is 110 Å². The molecular formula is C14H15NO2S. The van der Waals surface area contributed by atoms with Gasteiger partial charge in [0.15, 0.2) is 0 Å². The van der Waals surface area contributed by atoms with Crippen LogP contribution in [-0.4, -0.2) is 17.6 Å². The Hall–Kier alpha value is -1.81. The van der Waals surface area contributed by atoms with E-state index < -0.39 is 0 Å². The number of carbonyl (C=O) groups excluding carboxylic acids is 1. The van der Waals surface area contributed by atoms with Gasteiger partial charge in [-0.05, 0) is 41.4 Å². The van der Waals surface area contributed by atoms with Gasteiger partial charge in [0.2, 0.25) is 5.91 Å². The van der Waals surface area contributed by atoms with Crippen molar-refractivity contribution < 1.29 is 9.90 Å². The Balaban J connectivity index is 2.15. The highest BCUT2D eigenvalue weighted by Crippen LogP contribution is 2.21. The number of phenolic OH excluding ortho intramolecular Hbond substituents is 1. The summed E-state index contributed by atoms with van der Waals surface area (Å²) in [5.41, 5.74) is 1.77. The van der Waals surface area contributed by atoms with Gasteiger partial charge in [-0.1, -0.05) is 6.07 Å². The third-order valence-corrected chi connectivity index (χ3v) is 3.43. The summed E-state index contributed by atoms with van der Waals surface area (Å²) >= 11 is 1.59. The van der Waals surface area contributed by atoms with Crippen LogP contribution in [0.3, 0.4) is 0 Å². The number of carbonyl (C=O) groups is 1. The van der Waals surface area contributed by atoms with Gasteiger partial charge >= 0.3 is 0 Å². The van der Waals surface area contributed by atoms with E-state index in [4.69, 9.17) is 0 Å². The molecule has 2 rings (SSSR count). The highest BCUT2D eigenvalue weighted by atomic mass is 32.1. The van der Waals surface area contributed by atoms with Crippen LogP contribution in [0.15, 0.2) is 41.1 Å². The molecule has 0 aliphatic heterocycles. The van der Waals surface area contributed by atoms with Gasteiger partial charge in [0.05, 0.1) is 6.42 Å². The second-order valence-corrected chi connectivity index (χ2v) is 4.75. The summed E-state index contributed by atoms with van der Waals surface area (Å²) in [5, 5.41) is 13.4. The molecule has 94 valence electrons. The van der Waals surface area contributed by atoms with E-state index in [1.165, 1.54) is 0 Å². The number of hydrogen-bond acceptors (Lipinski definition) is 3. The van der Waals surface area contributed by atoms with Gasteiger partial charge in [-0.2, -0.15) is 11.3 Å². The van der Waals surface area contributed by atoms with Gasteiger partial charge < -0.3 is 10.0 Å². The number of anilines is 1. The van der Waals surface area contributed by atoms with Crippen LogP contribution in [-0.2, 0) is 11.2 Å². The standard InChI is InChI=1S/C14H15NO2S/c1-2-15(12-4-3-5-13(16)9-12)14(17)8-11-6-7-18-10-11/h3-7,9-10,16H,2,8H2,1H3. The minimum Gasteiger partial charge on any atom is -0.508 e. The van der Waals surface area contributed by atoms with E-state index in [1.54, 1.807) is 34.4 Å². The normalized spacial score (nSPS) is 10.3. The molecule has 1 amide bonds. The molecule has 1 N–H and O–H groups in total. The number of amides is 1. The predicted molar refractivity (Wildman–Crippen MR) is 74.2 cm³/mol. The summed E-state index contributed by atoms with van der Waals surface area (Å²) in [7, 11) is 0. The van der Waals surface area contributed by atoms with Gasteiger partial charge in [-0.15, -0.1) is 0 Å². The van der Waals surface area contributed by atoms with Crippen LogP contribution in [0.1, 0.15) is 12.5 Å². The van der Waals surface area contributed by atoms with Gasteiger partial charge in [0.1, 0.15) is 5.75 Å². The minimum atomic E-state index is 0.0431. The Kier molecular flexibility index (Phi) is 3.99. The van der Waals surface area contributed by atoms with Gasteiger partial charge in [0.25, 0.3) is 0 Å². The zero-order chi connectivity index (χ0) is 13.0. The molecule has 18 heavy (non-hydrogen) atoms. The fraction of sp³-hybridized carbons (Fsp3) is 0.214. The fourth-order valence-electron chi connectivity index (χ4n) is 1.83. The molecule has 0 fully saturated rings. The summed E-state index contributed by atoms with van der Waals surface area (Å²) in [6.07, 6.45) is 0.396. The van der Waals surface area contributed by atoms with Crippen molar-refractivity contribution in [2.24, 2.45) is 0 Å². The summed E-state index contributed by atoms with van der Waals surface area (Å²) in [5.74, 6) is 0.218. The highest BCUT2D eigenvalue weighted by molar-refractivity contribution is 7.08. The molecule has 1 aromatic carbocycles. The second-order valence-electron chi connectivity index (χ2n) is 3.97. The quantitative estimate of drug-likeness (QED) is 0.919. The second kappa shape index (κ2) is 5.69. The molecule has 0 saturated heterocycles. The van der Waals surface area contributed by atoms with E-state index in [0.717, 1.165) is 11.3 Å². The van der Waals surface area contributed by atoms with Crippen molar-refractivity contribution in [2.75, 3.05) is 11.4 Å². The maximum Gasteiger partial charge on any atom is 0.231 e. The van der Waals surface area contributed by atoms with Gasteiger partial charge in [0, 0.05) is 18.3 Å². The van der Waals surface area contributed by atoms with Crippen molar-refractivity contribution in [3.63, 3.8) is 0 Å². The predicted octanol–water partition coefficient (Wildman–Crippen LogP) is 3.05. The first-order valence-electron chi connectivity index (χ1n) is 5.81. The van der Waals surface area contributed by atoms with Gasteiger partial charge in [-0.25, -0.2) is 0 Å². The minimum absolute atomic E-state index is 0.0431. The summed E-state index contributed by atoms with van der Waals surface area (Å²) in [6.45, 7) is 2.52. The van der Waals surface area contributed by atoms with Crippen LogP contribution in [0.25, 0.3) is 0 Å². The zero-order valence-corrected chi connectivity index (χ0v) is 11.0. The Morgan fingerprint density at radius 3 is 2.83 bits per heavy atom. The average Bonchev–Trinajstić information content (AvgIpc) is 2.83. The number of benzene rings is 1. The Morgan fingerprint density at radius 1 is 1.39 bits per heavy atom. The lowest BCUT2D eigenvalue weighted by molar-refractivity contribution is -0.117. The number of likely N-dealkylation sites (N-methyl/N-ethyl adjacent to an activating group) is 1. The molecule has 2 aromatic rings. The van der Waals surface area contributed by atoms with E-state index in [9.17, 15) is 9.90 Å². The molecular weight excluding hydrogens is 246 g/mol. The van der Waals surface area contributed by atoms with E-state index in [0.29, 0.717) is 13.0 Å². The van der Waals surface area contributed by atoms with Crippen LogP contribution in [0.5, 0.6) is 5.75 Å². The van der Waals surface area contributed by atoms with Crippen molar-refractivity contribution in [1.82, 2.24) is 0 Å². The van der Waals surface area contributed by atoms with Crippen molar-refractivity contribution in [1.29, 1.82) is 0 Å². The highest BCUT2D eigenvalue weighted by Gasteiger charge is 2.14. The molecule has 0 aliphatic rings. The molecule has 1 heterocycles. The van der Waals surface area contributed by atoms with E-state index in [1.807, 2.05) is 29.8 Å². The molecule has 0 bridgehead atoms. The van der Waals surface area contributed by atoms with E-state index in [-0.39, 0.29) is 11.7 Å². The maximum atomic E-state index is 12.2. The lowest BCUT2D eigenvalue weighted by Crippen LogP contribution is -2.31. The summed E-state index contributed by atoms with van der Waals surface area (Å²) in [6, 6.07) is 8.73. The summed E-state index contributed by atoms with van der Waals surface area (Å²) in [4.78, 5) is 13.9. The third kappa shape index (κ3) is 2.90. The topological polar surface area (TPSA) is 40.5 Å². The maximum absolute atomic E-state index is 12.2. The first-order valence-corrected chi connectivity index (χ1v) is 6.75. The van der Waals surface area contributed by atoms with Crippen LogP contribution in [0.2, 0.25) is 0 Å². The molecule has 0 radical (unpaired) electrons. The number of thiophene rings is 1. The lowest BCUT2D eigenvalue weighted by Gasteiger charge is -2.21. The van der Waals surface area contributed by atoms with Crippen LogP contribution in [0, 0.1) is 0 Å². The number of hydrogen-bond donors (Lipinski definition) is 1. The van der Waals surface area contributed by atoms with Crippen molar-refractivity contribution in [3.8, 4) is 5.75 Å². The molecule has 0 unspecified atom stereocenters. The molecule has 0 aliphatic carbocycles. The first kappa shape index (κ1) is 12.6. The van der Waals surface area contributed by atoms with Crippen LogP contribution >= 0.6 is 11.3 Å². The van der Waals surface area contributed by atoms with Crippen molar-refractivity contribution in [2.45, 2.75) is 13.3 Å². The van der Waals surface area contributed by atoms with Crippen LogP contribution in [0.4, 0.5) is 5.69 Å².